The fourth-order valence-corrected chi connectivity index (χ4v) is 3.57. The molecule has 5 nitrogen and oxygen atoms in total. The Morgan fingerprint density at radius 3 is 2.32 bits per heavy atom. The lowest BCUT2D eigenvalue weighted by Gasteiger charge is -2.33. The molecule has 2 fully saturated rings. The van der Waals surface area contributed by atoms with Crippen molar-refractivity contribution in [2.45, 2.75) is 63.1 Å². The van der Waals surface area contributed by atoms with Gasteiger partial charge in [-0.05, 0) is 50.3 Å². The molecular weight excluding hydrogens is 323 g/mol. The summed E-state index contributed by atoms with van der Waals surface area (Å²) in [5, 5.41) is 15.7. The van der Waals surface area contributed by atoms with Crippen molar-refractivity contribution in [2.24, 2.45) is 5.92 Å². The van der Waals surface area contributed by atoms with Crippen molar-refractivity contribution < 1.29 is 19.1 Å². The van der Waals surface area contributed by atoms with E-state index >= 15 is 0 Å². The van der Waals surface area contributed by atoms with Gasteiger partial charge >= 0.3 is 0 Å². The lowest BCUT2D eigenvalue weighted by molar-refractivity contribution is -0.133. The first-order valence-corrected chi connectivity index (χ1v) is 8.98. The minimum Gasteiger partial charge on any atom is -0.391 e. The second kappa shape index (κ2) is 7.12. The molecule has 25 heavy (non-hydrogen) atoms. The lowest BCUT2D eigenvalue weighted by Crippen LogP contribution is -2.57. The van der Waals surface area contributed by atoms with Gasteiger partial charge in [0, 0.05) is 5.92 Å². The summed E-state index contributed by atoms with van der Waals surface area (Å²) in [4.78, 5) is 24.8. The maximum atomic E-state index is 13.3. The van der Waals surface area contributed by atoms with E-state index in [1.165, 1.54) is 19.1 Å². The van der Waals surface area contributed by atoms with Crippen molar-refractivity contribution in [1.82, 2.24) is 10.6 Å². The van der Waals surface area contributed by atoms with Crippen LogP contribution < -0.4 is 10.6 Å². The van der Waals surface area contributed by atoms with Crippen LogP contribution in [0, 0.1) is 11.7 Å². The predicted octanol–water partition coefficient (Wildman–Crippen LogP) is 1.99. The third kappa shape index (κ3) is 4.00. The van der Waals surface area contributed by atoms with Crippen molar-refractivity contribution in [3.05, 3.63) is 35.6 Å². The van der Waals surface area contributed by atoms with Crippen molar-refractivity contribution in [3.63, 3.8) is 0 Å². The van der Waals surface area contributed by atoms with Gasteiger partial charge in [-0.3, -0.25) is 9.59 Å². The number of nitrogens with one attached hydrogen (secondary N) is 2. The maximum absolute atomic E-state index is 13.3. The van der Waals surface area contributed by atoms with E-state index in [-0.39, 0.29) is 17.6 Å². The van der Waals surface area contributed by atoms with E-state index in [1.54, 1.807) is 12.1 Å². The molecule has 0 aromatic heterocycles. The number of halogens is 1. The minimum atomic E-state index is -0.991. The van der Waals surface area contributed by atoms with E-state index in [0.29, 0.717) is 0 Å². The molecule has 0 saturated heterocycles. The van der Waals surface area contributed by atoms with Gasteiger partial charge in [0.1, 0.15) is 11.9 Å². The number of aliphatic hydroxyl groups excluding tert-OH is 1. The number of hydrogen-bond donors (Lipinski definition) is 3. The molecule has 3 rings (SSSR count). The fourth-order valence-electron chi connectivity index (χ4n) is 3.57. The highest BCUT2D eigenvalue weighted by Gasteiger charge is 2.40. The summed E-state index contributed by atoms with van der Waals surface area (Å²) in [6.45, 7) is 1.50. The molecule has 2 aliphatic rings. The summed E-state index contributed by atoms with van der Waals surface area (Å²) in [6.07, 6.45) is 4.12. The molecule has 0 bridgehead atoms. The molecular formula is C19H25FN2O3. The van der Waals surface area contributed by atoms with Gasteiger partial charge in [0.25, 0.3) is 0 Å². The van der Waals surface area contributed by atoms with Crippen LogP contribution in [0.1, 0.15) is 51.0 Å². The highest BCUT2D eigenvalue weighted by Crippen LogP contribution is 2.39. The van der Waals surface area contributed by atoms with Gasteiger partial charge in [0.15, 0.2) is 0 Å². The predicted molar refractivity (Wildman–Crippen MR) is 91.0 cm³/mol. The monoisotopic (exact) mass is 348 g/mol. The Balaban J connectivity index is 1.76. The average Bonchev–Trinajstić information content (AvgIpc) is 3.33. The third-order valence-corrected chi connectivity index (χ3v) is 5.23. The minimum absolute atomic E-state index is 0.0356. The lowest BCUT2D eigenvalue weighted by atomic mass is 9.87. The van der Waals surface area contributed by atoms with Crippen LogP contribution in [0.4, 0.5) is 4.39 Å². The third-order valence-electron chi connectivity index (χ3n) is 5.23. The molecule has 1 aromatic carbocycles. The van der Waals surface area contributed by atoms with Crippen LogP contribution in [-0.2, 0) is 15.1 Å². The smallest absolute Gasteiger partial charge is 0.245 e. The Labute approximate surface area is 147 Å². The van der Waals surface area contributed by atoms with E-state index in [9.17, 15) is 19.1 Å². The van der Waals surface area contributed by atoms with E-state index in [1.807, 2.05) is 0 Å². The molecule has 2 unspecified atom stereocenters. The Bertz CT molecular complexity index is 635. The topological polar surface area (TPSA) is 78.4 Å². The zero-order chi connectivity index (χ0) is 18.0. The zero-order valence-electron chi connectivity index (χ0n) is 14.4. The zero-order valence-corrected chi connectivity index (χ0v) is 14.4. The highest BCUT2D eigenvalue weighted by atomic mass is 19.1. The largest absolute Gasteiger partial charge is 0.391 e. The Morgan fingerprint density at radius 1 is 1.20 bits per heavy atom. The van der Waals surface area contributed by atoms with Crippen molar-refractivity contribution in [2.75, 3.05) is 0 Å². The van der Waals surface area contributed by atoms with Crippen molar-refractivity contribution in [3.8, 4) is 0 Å². The van der Waals surface area contributed by atoms with Gasteiger partial charge in [-0.2, -0.15) is 0 Å². The van der Waals surface area contributed by atoms with Crippen LogP contribution in [-0.4, -0.2) is 29.1 Å². The number of aliphatic hydroxyl groups is 1. The molecule has 3 N–H and O–H groups in total. The van der Waals surface area contributed by atoms with Crippen LogP contribution in [0.5, 0.6) is 0 Å². The van der Waals surface area contributed by atoms with Crippen molar-refractivity contribution in [1.29, 1.82) is 0 Å². The van der Waals surface area contributed by atoms with Gasteiger partial charge in [-0.25, -0.2) is 4.39 Å². The summed E-state index contributed by atoms with van der Waals surface area (Å²) < 4.78 is 13.3. The number of benzene rings is 1. The van der Waals surface area contributed by atoms with Crippen molar-refractivity contribution >= 4 is 11.8 Å². The second-order valence-corrected chi connectivity index (χ2v) is 7.29. The standard InChI is InChI=1S/C19H25FN2O3/c1-12(23)16(21-17(24)13-4-5-13)18(25)22-19(10-2-3-11-19)14-6-8-15(20)9-7-14/h6-9,12-13,16,23H,2-5,10-11H2,1H3,(H,21,24)(H,22,25). The first kappa shape index (κ1) is 17.9. The first-order chi connectivity index (χ1) is 11.9. The van der Waals surface area contributed by atoms with Crippen LogP contribution in [0.15, 0.2) is 24.3 Å². The molecule has 0 aliphatic heterocycles. The molecule has 2 atom stereocenters. The Kier molecular flexibility index (Phi) is 5.08. The molecule has 1 aromatic rings. The van der Waals surface area contributed by atoms with Gasteiger partial charge in [0.2, 0.25) is 11.8 Å². The van der Waals surface area contributed by atoms with Gasteiger partial charge < -0.3 is 15.7 Å². The van der Waals surface area contributed by atoms with E-state index in [4.69, 9.17) is 0 Å². The molecule has 2 amide bonds. The average molecular weight is 348 g/mol. The quantitative estimate of drug-likeness (QED) is 0.736. The number of rotatable bonds is 6. The normalized spacial score (nSPS) is 21.4. The van der Waals surface area contributed by atoms with E-state index in [2.05, 4.69) is 10.6 Å². The van der Waals surface area contributed by atoms with Gasteiger partial charge in [0.05, 0.1) is 11.6 Å². The van der Waals surface area contributed by atoms with Gasteiger partial charge in [-0.15, -0.1) is 0 Å². The maximum Gasteiger partial charge on any atom is 0.245 e. The molecule has 2 aliphatic carbocycles. The summed E-state index contributed by atoms with van der Waals surface area (Å²) in [7, 11) is 0. The number of amides is 2. The van der Waals surface area contributed by atoms with E-state index in [0.717, 1.165) is 44.1 Å². The number of carbonyl (C=O) groups is 2. The van der Waals surface area contributed by atoms with Gasteiger partial charge in [-0.1, -0.05) is 25.0 Å². The molecule has 2 saturated carbocycles. The summed E-state index contributed by atoms with van der Waals surface area (Å²) in [5.41, 5.74) is 0.292. The SMILES string of the molecule is CC(O)C(NC(=O)C1CC1)C(=O)NC1(c2ccc(F)cc2)CCCC1. The summed E-state index contributed by atoms with van der Waals surface area (Å²) in [5.74, 6) is -0.924. The summed E-state index contributed by atoms with van der Waals surface area (Å²) >= 11 is 0. The molecule has 0 radical (unpaired) electrons. The molecule has 136 valence electrons. The number of hydrogen-bond acceptors (Lipinski definition) is 3. The molecule has 0 heterocycles. The van der Waals surface area contributed by atoms with E-state index < -0.39 is 23.6 Å². The summed E-state index contributed by atoms with van der Waals surface area (Å²) in [6, 6.07) is 5.19. The van der Waals surface area contributed by atoms with Crippen LogP contribution >= 0.6 is 0 Å². The van der Waals surface area contributed by atoms with Crippen LogP contribution in [0.3, 0.4) is 0 Å². The Morgan fingerprint density at radius 2 is 1.80 bits per heavy atom. The Hall–Kier alpha value is -1.95. The second-order valence-electron chi connectivity index (χ2n) is 7.29. The van der Waals surface area contributed by atoms with Crippen LogP contribution in [0.25, 0.3) is 0 Å². The first-order valence-electron chi connectivity index (χ1n) is 8.98. The van der Waals surface area contributed by atoms with Crippen LogP contribution in [0.2, 0.25) is 0 Å². The number of carbonyl (C=O) groups excluding carboxylic acids is 2. The molecule has 0 spiro atoms. The highest BCUT2D eigenvalue weighted by molar-refractivity contribution is 5.90. The fraction of sp³-hybridized carbons (Fsp3) is 0.579. The molecule has 6 heteroatoms.